The van der Waals surface area contributed by atoms with Gasteiger partial charge in [0.2, 0.25) is 0 Å². The molecule has 0 aliphatic rings. The number of para-hydroxylation sites is 1. The largest absolute Gasteiger partial charge is 0.363 e. The van der Waals surface area contributed by atoms with Gasteiger partial charge in [-0.15, -0.1) is 0 Å². The van der Waals surface area contributed by atoms with E-state index in [0.29, 0.717) is 6.54 Å². The molecule has 0 aliphatic carbocycles. The molecule has 0 amide bonds. The zero-order chi connectivity index (χ0) is 13.9. The lowest BCUT2D eigenvalue weighted by molar-refractivity contribution is 0.443. The number of rotatable bonds is 5. The predicted octanol–water partition coefficient (Wildman–Crippen LogP) is 3.47. The number of nitrogens with zero attached hydrogens (tertiary/aromatic N) is 1. The number of anilines is 1. The summed E-state index contributed by atoms with van der Waals surface area (Å²) < 4.78 is 0. The first-order valence-electron chi connectivity index (χ1n) is 6.99. The van der Waals surface area contributed by atoms with E-state index in [-0.39, 0.29) is 5.54 Å². The molecule has 1 heterocycles. The molecule has 0 atom stereocenters. The lowest BCUT2D eigenvalue weighted by Crippen LogP contribution is -2.44. The molecule has 1 aromatic heterocycles. The van der Waals surface area contributed by atoms with E-state index >= 15 is 0 Å². The van der Waals surface area contributed by atoms with Crippen molar-refractivity contribution in [3.05, 3.63) is 35.9 Å². The van der Waals surface area contributed by atoms with Crippen LogP contribution in [0.3, 0.4) is 0 Å². The lowest BCUT2D eigenvalue weighted by atomic mass is 9.92. The maximum Gasteiger partial charge on any atom is 0.130 e. The van der Waals surface area contributed by atoms with Gasteiger partial charge in [-0.2, -0.15) is 0 Å². The van der Waals surface area contributed by atoms with Crippen molar-refractivity contribution < 1.29 is 0 Å². The second-order valence-electron chi connectivity index (χ2n) is 5.16. The van der Waals surface area contributed by atoms with Crippen molar-refractivity contribution in [3.8, 4) is 0 Å². The Morgan fingerprint density at radius 1 is 1.21 bits per heavy atom. The Hall–Kier alpha value is -1.61. The van der Waals surface area contributed by atoms with Gasteiger partial charge < -0.3 is 11.1 Å². The van der Waals surface area contributed by atoms with Gasteiger partial charge in [0.1, 0.15) is 5.82 Å². The van der Waals surface area contributed by atoms with Gasteiger partial charge in [0.25, 0.3) is 0 Å². The molecular weight excluding hydrogens is 234 g/mol. The first-order valence-corrected chi connectivity index (χ1v) is 6.99. The molecule has 3 N–H and O–H groups in total. The Bertz CT molecular complexity index is 551. The number of nitrogens with two attached hydrogens (primary N) is 1. The van der Waals surface area contributed by atoms with Crippen LogP contribution in [-0.2, 0) is 0 Å². The molecule has 1 aromatic carbocycles. The van der Waals surface area contributed by atoms with Crippen LogP contribution < -0.4 is 11.1 Å². The lowest BCUT2D eigenvalue weighted by Gasteiger charge is -2.32. The number of benzene rings is 1. The van der Waals surface area contributed by atoms with E-state index in [1.807, 2.05) is 18.2 Å². The standard InChI is InChI=1S/C16H23N3/c1-4-16(5-2,11-17)19-15-12(3)10-13-8-6-7-9-14(13)18-15/h6-10H,4-5,11,17H2,1-3H3,(H,18,19). The first kappa shape index (κ1) is 13.8. The van der Waals surface area contributed by atoms with E-state index in [0.717, 1.165) is 24.2 Å². The summed E-state index contributed by atoms with van der Waals surface area (Å²) in [5, 5.41) is 4.74. The molecule has 102 valence electrons. The average Bonchev–Trinajstić information content (AvgIpc) is 2.45. The van der Waals surface area contributed by atoms with Crippen LogP contribution in [0.15, 0.2) is 30.3 Å². The second kappa shape index (κ2) is 5.57. The molecule has 19 heavy (non-hydrogen) atoms. The van der Waals surface area contributed by atoms with Crippen molar-refractivity contribution >= 4 is 16.7 Å². The minimum atomic E-state index is -0.0553. The molecule has 3 heteroatoms. The minimum absolute atomic E-state index is 0.0553. The maximum absolute atomic E-state index is 5.95. The van der Waals surface area contributed by atoms with Crippen molar-refractivity contribution in [2.75, 3.05) is 11.9 Å². The summed E-state index contributed by atoms with van der Waals surface area (Å²) in [4.78, 5) is 4.74. The summed E-state index contributed by atoms with van der Waals surface area (Å²) >= 11 is 0. The Labute approximate surface area is 115 Å². The van der Waals surface area contributed by atoms with Gasteiger partial charge in [-0.1, -0.05) is 32.0 Å². The average molecular weight is 257 g/mol. The van der Waals surface area contributed by atoms with E-state index < -0.39 is 0 Å². The molecule has 0 fully saturated rings. The molecule has 0 spiro atoms. The maximum atomic E-state index is 5.95. The molecule has 3 nitrogen and oxygen atoms in total. The molecule has 0 saturated heterocycles. The Morgan fingerprint density at radius 2 is 1.89 bits per heavy atom. The molecule has 2 aromatic rings. The molecule has 0 bridgehead atoms. The second-order valence-corrected chi connectivity index (χ2v) is 5.16. The molecule has 0 aliphatic heterocycles. The number of pyridine rings is 1. The Balaban J connectivity index is 2.42. The van der Waals surface area contributed by atoms with Crippen LogP contribution >= 0.6 is 0 Å². The van der Waals surface area contributed by atoms with Gasteiger partial charge in [-0.05, 0) is 37.5 Å². The molecular formula is C16H23N3. The third-order valence-electron chi connectivity index (χ3n) is 4.04. The van der Waals surface area contributed by atoms with E-state index in [1.165, 1.54) is 10.9 Å². The fourth-order valence-electron chi connectivity index (χ4n) is 2.37. The predicted molar refractivity (Wildman–Crippen MR) is 82.5 cm³/mol. The number of hydrogen-bond acceptors (Lipinski definition) is 3. The van der Waals surface area contributed by atoms with Crippen LogP contribution in [0.5, 0.6) is 0 Å². The summed E-state index contributed by atoms with van der Waals surface area (Å²) in [6.07, 6.45) is 1.99. The monoisotopic (exact) mass is 257 g/mol. The van der Waals surface area contributed by atoms with Crippen molar-refractivity contribution in [2.24, 2.45) is 5.73 Å². The van der Waals surface area contributed by atoms with E-state index in [9.17, 15) is 0 Å². The van der Waals surface area contributed by atoms with Gasteiger partial charge in [0, 0.05) is 11.9 Å². The van der Waals surface area contributed by atoms with Crippen LogP contribution in [0.2, 0.25) is 0 Å². The highest BCUT2D eigenvalue weighted by atomic mass is 15.1. The number of nitrogens with one attached hydrogen (secondary N) is 1. The topological polar surface area (TPSA) is 50.9 Å². The van der Waals surface area contributed by atoms with Gasteiger partial charge in [-0.25, -0.2) is 4.98 Å². The number of fused-ring (bicyclic) bond motifs is 1. The summed E-state index contributed by atoms with van der Waals surface area (Å²) in [5.74, 6) is 0.952. The highest BCUT2D eigenvalue weighted by Crippen LogP contribution is 2.25. The van der Waals surface area contributed by atoms with Crippen LogP contribution in [-0.4, -0.2) is 17.1 Å². The number of hydrogen-bond donors (Lipinski definition) is 2. The van der Waals surface area contributed by atoms with Crippen molar-refractivity contribution in [3.63, 3.8) is 0 Å². The van der Waals surface area contributed by atoms with Crippen molar-refractivity contribution in [1.29, 1.82) is 0 Å². The SMILES string of the molecule is CCC(CC)(CN)Nc1nc2ccccc2cc1C. The Kier molecular flexibility index (Phi) is 4.05. The van der Waals surface area contributed by atoms with Gasteiger partial charge in [-0.3, -0.25) is 0 Å². The number of aromatic nitrogens is 1. The first-order chi connectivity index (χ1) is 9.14. The van der Waals surface area contributed by atoms with E-state index in [1.54, 1.807) is 0 Å². The van der Waals surface area contributed by atoms with E-state index in [2.05, 4.69) is 38.2 Å². The minimum Gasteiger partial charge on any atom is -0.363 e. The smallest absolute Gasteiger partial charge is 0.130 e. The molecule has 2 rings (SSSR count). The zero-order valence-electron chi connectivity index (χ0n) is 12.0. The Morgan fingerprint density at radius 3 is 2.53 bits per heavy atom. The van der Waals surface area contributed by atoms with Gasteiger partial charge in [0.15, 0.2) is 0 Å². The molecule has 0 unspecified atom stereocenters. The van der Waals surface area contributed by atoms with E-state index in [4.69, 9.17) is 10.7 Å². The van der Waals surface area contributed by atoms with Gasteiger partial charge >= 0.3 is 0 Å². The van der Waals surface area contributed by atoms with Crippen LogP contribution in [0.25, 0.3) is 10.9 Å². The normalized spacial score (nSPS) is 11.8. The van der Waals surface area contributed by atoms with Gasteiger partial charge in [0.05, 0.1) is 11.1 Å². The van der Waals surface area contributed by atoms with Crippen molar-refractivity contribution in [1.82, 2.24) is 4.98 Å². The quantitative estimate of drug-likeness (QED) is 0.862. The fraction of sp³-hybridized carbons (Fsp3) is 0.438. The third kappa shape index (κ3) is 2.71. The number of aryl methyl sites for hydroxylation is 1. The summed E-state index contributed by atoms with van der Waals surface area (Å²) in [7, 11) is 0. The van der Waals surface area contributed by atoms with Crippen molar-refractivity contribution in [2.45, 2.75) is 39.2 Å². The summed E-state index contributed by atoms with van der Waals surface area (Å²) in [6, 6.07) is 10.4. The molecule has 0 saturated carbocycles. The zero-order valence-corrected chi connectivity index (χ0v) is 12.0. The summed E-state index contributed by atoms with van der Waals surface area (Å²) in [6.45, 7) is 7.04. The highest BCUT2D eigenvalue weighted by molar-refractivity contribution is 5.81. The van der Waals surface area contributed by atoms with Crippen LogP contribution in [0.1, 0.15) is 32.3 Å². The third-order valence-corrected chi connectivity index (χ3v) is 4.04. The molecule has 0 radical (unpaired) electrons. The van der Waals surface area contributed by atoms with Crippen LogP contribution in [0, 0.1) is 6.92 Å². The van der Waals surface area contributed by atoms with Crippen LogP contribution in [0.4, 0.5) is 5.82 Å². The fourth-order valence-corrected chi connectivity index (χ4v) is 2.37. The highest BCUT2D eigenvalue weighted by Gasteiger charge is 2.25. The summed E-state index contributed by atoms with van der Waals surface area (Å²) in [5.41, 5.74) is 8.08.